The highest BCUT2D eigenvalue weighted by Crippen LogP contribution is 2.25. The lowest BCUT2D eigenvalue weighted by Crippen LogP contribution is -2.07. The van der Waals surface area contributed by atoms with Crippen molar-refractivity contribution in [3.63, 3.8) is 0 Å². The molecule has 0 radical (unpaired) electrons. The van der Waals surface area contributed by atoms with Crippen molar-refractivity contribution in [3.8, 4) is 0 Å². The lowest BCUT2D eigenvalue weighted by atomic mass is 10.2. The maximum absolute atomic E-state index is 4.43. The highest BCUT2D eigenvalue weighted by molar-refractivity contribution is 5.67. The summed E-state index contributed by atoms with van der Waals surface area (Å²) < 4.78 is 0. The number of hydrogen-bond acceptors (Lipinski definition) is 4. The van der Waals surface area contributed by atoms with Gasteiger partial charge in [0.15, 0.2) is 5.82 Å². The van der Waals surface area contributed by atoms with Crippen LogP contribution in [0.25, 0.3) is 0 Å². The van der Waals surface area contributed by atoms with Gasteiger partial charge in [0.1, 0.15) is 5.82 Å². The molecule has 1 aliphatic rings. The Balaban J connectivity index is 0.000000606. The van der Waals surface area contributed by atoms with Crippen LogP contribution in [-0.4, -0.2) is 23.1 Å². The van der Waals surface area contributed by atoms with E-state index in [1.54, 1.807) is 0 Å². The van der Waals surface area contributed by atoms with Gasteiger partial charge in [-0.25, -0.2) is 9.97 Å². The lowest BCUT2D eigenvalue weighted by Gasteiger charge is -2.11. The largest absolute Gasteiger partial charge is 0.381 e. The summed E-state index contributed by atoms with van der Waals surface area (Å²) in [5, 5.41) is 6.71. The van der Waals surface area contributed by atoms with Gasteiger partial charge < -0.3 is 10.6 Å². The molecule has 1 aromatic rings. The van der Waals surface area contributed by atoms with Gasteiger partial charge in [-0.05, 0) is 19.8 Å². The number of hydrogen-bond donors (Lipinski definition) is 2. The quantitative estimate of drug-likeness (QED) is 0.767. The van der Waals surface area contributed by atoms with Crippen LogP contribution in [0, 0.1) is 6.92 Å². The number of nitrogens with one attached hydrogen (secondary N) is 2. The molecule has 0 fully saturated rings. The van der Waals surface area contributed by atoms with Gasteiger partial charge in [0, 0.05) is 13.1 Å². The van der Waals surface area contributed by atoms with Gasteiger partial charge in [-0.3, -0.25) is 0 Å². The van der Waals surface area contributed by atoms with Crippen molar-refractivity contribution < 1.29 is 0 Å². The minimum Gasteiger partial charge on any atom is -0.381 e. The molecule has 0 bridgehead atoms. The van der Waals surface area contributed by atoms with E-state index in [2.05, 4.69) is 27.5 Å². The molecular weight excluding hydrogens is 200 g/mol. The van der Waals surface area contributed by atoms with E-state index in [0.717, 1.165) is 49.0 Å². The fourth-order valence-electron chi connectivity index (χ4n) is 1.71. The summed E-state index contributed by atoms with van der Waals surface area (Å²) in [6.45, 7) is 10.0. The molecule has 0 unspecified atom stereocenters. The van der Waals surface area contributed by atoms with Crippen LogP contribution in [0.15, 0.2) is 0 Å². The normalized spacial score (nSPS) is 13.5. The van der Waals surface area contributed by atoms with E-state index in [1.807, 2.05) is 20.8 Å². The third-order valence-corrected chi connectivity index (χ3v) is 2.38. The molecule has 16 heavy (non-hydrogen) atoms. The van der Waals surface area contributed by atoms with E-state index in [-0.39, 0.29) is 0 Å². The molecule has 1 aliphatic heterocycles. The van der Waals surface area contributed by atoms with Gasteiger partial charge in [-0.15, -0.1) is 0 Å². The minimum atomic E-state index is 0.844. The first kappa shape index (κ1) is 12.7. The number of fused-ring (bicyclic) bond motifs is 1. The number of nitrogens with zero attached hydrogens (tertiary/aromatic N) is 2. The predicted molar refractivity (Wildman–Crippen MR) is 69.1 cm³/mol. The standard InChI is InChI=1S/C10H16N4.C2H6/c1-3-8-9-10(14-7(2)13-8)12-6-4-5-11-9;1-2/h11H,3-6H2,1-2H3,(H,12,13,14);1-2H3. The first-order chi connectivity index (χ1) is 7.81. The Hall–Kier alpha value is -1.32. The summed E-state index contributed by atoms with van der Waals surface area (Å²) in [6.07, 6.45) is 2.07. The molecule has 1 aromatic heterocycles. The topological polar surface area (TPSA) is 49.8 Å². The molecule has 0 atom stereocenters. The van der Waals surface area contributed by atoms with Crippen molar-refractivity contribution in [1.82, 2.24) is 9.97 Å². The summed E-state index contributed by atoms with van der Waals surface area (Å²) >= 11 is 0. The van der Waals surface area contributed by atoms with Gasteiger partial charge in [-0.2, -0.15) is 0 Å². The van der Waals surface area contributed by atoms with Crippen molar-refractivity contribution in [2.45, 2.75) is 40.5 Å². The summed E-state index contributed by atoms with van der Waals surface area (Å²) in [7, 11) is 0. The van der Waals surface area contributed by atoms with Gasteiger partial charge >= 0.3 is 0 Å². The molecule has 4 heteroatoms. The van der Waals surface area contributed by atoms with Crippen molar-refractivity contribution in [3.05, 3.63) is 11.5 Å². The Kier molecular flexibility index (Phi) is 5.02. The lowest BCUT2D eigenvalue weighted by molar-refractivity contribution is 0.925. The van der Waals surface area contributed by atoms with Crippen LogP contribution in [0.5, 0.6) is 0 Å². The smallest absolute Gasteiger partial charge is 0.153 e. The van der Waals surface area contributed by atoms with Gasteiger partial charge in [0.05, 0.1) is 11.4 Å². The van der Waals surface area contributed by atoms with Crippen LogP contribution in [0.3, 0.4) is 0 Å². The average Bonchev–Trinajstić information content (AvgIpc) is 2.55. The van der Waals surface area contributed by atoms with E-state index >= 15 is 0 Å². The second-order valence-electron chi connectivity index (χ2n) is 3.50. The molecule has 2 N–H and O–H groups in total. The van der Waals surface area contributed by atoms with E-state index in [0.29, 0.717) is 0 Å². The molecule has 0 spiro atoms. The summed E-state index contributed by atoms with van der Waals surface area (Å²) in [4.78, 5) is 8.83. The zero-order valence-electron chi connectivity index (χ0n) is 10.7. The summed E-state index contributed by atoms with van der Waals surface area (Å²) in [5.41, 5.74) is 2.21. The van der Waals surface area contributed by atoms with Crippen molar-refractivity contribution in [2.75, 3.05) is 23.7 Å². The number of anilines is 2. The fraction of sp³-hybridized carbons (Fsp3) is 0.667. The second-order valence-corrected chi connectivity index (χ2v) is 3.50. The van der Waals surface area contributed by atoms with Gasteiger partial charge in [0.25, 0.3) is 0 Å². The fourth-order valence-corrected chi connectivity index (χ4v) is 1.71. The minimum absolute atomic E-state index is 0.844. The molecule has 0 saturated heterocycles. The molecular formula is C12H22N4. The van der Waals surface area contributed by atoms with Crippen molar-refractivity contribution in [1.29, 1.82) is 0 Å². The Morgan fingerprint density at radius 1 is 1.12 bits per heavy atom. The Bertz CT molecular complexity index is 336. The number of rotatable bonds is 1. The SMILES string of the molecule is CC.CCc1nc(C)nc2c1NCCCN2. The zero-order chi connectivity index (χ0) is 12.0. The highest BCUT2D eigenvalue weighted by Gasteiger charge is 2.13. The highest BCUT2D eigenvalue weighted by atomic mass is 15.1. The maximum atomic E-state index is 4.43. The molecule has 2 rings (SSSR count). The second kappa shape index (κ2) is 6.30. The molecule has 0 aliphatic carbocycles. The predicted octanol–water partition coefficient (Wildman–Crippen LogP) is 2.60. The van der Waals surface area contributed by atoms with Gasteiger partial charge in [0.2, 0.25) is 0 Å². The Morgan fingerprint density at radius 2 is 1.81 bits per heavy atom. The number of aromatic nitrogens is 2. The Labute approximate surface area is 97.9 Å². The van der Waals surface area contributed by atoms with Crippen molar-refractivity contribution in [2.24, 2.45) is 0 Å². The molecule has 2 heterocycles. The van der Waals surface area contributed by atoms with E-state index in [4.69, 9.17) is 0 Å². The average molecular weight is 222 g/mol. The van der Waals surface area contributed by atoms with E-state index in [9.17, 15) is 0 Å². The molecule has 0 saturated carbocycles. The number of aryl methyl sites for hydroxylation is 2. The van der Waals surface area contributed by atoms with Crippen LogP contribution in [0.1, 0.15) is 38.7 Å². The first-order valence-electron chi connectivity index (χ1n) is 6.16. The molecule has 0 amide bonds. The zero-order valence-corrected chi connectivity index (χ0v) is 10.7. The first-order valence-corrected chi connectivity index (χ1v) is 6.16. The van der Waals surface area contributed by atoms with Crippen LogP contribution >= 0.6 is 0 Å². The molecule has 4 nitrogen and oxygen atoms in total. The summed E-state index contributed by atoms with van der Waals surface area (Å²) in [6, 6.07) is 0. The van der Waals surface area contributed by atoms with Crippen LogP contribution in [0.4, 0.5) is 11.5 Å². The van der Waals surface area contributed by atoms with Crippen LogP contribution < -0.4 is 10.6 Å². The maximum Gasteiger partial charge on any atom is 0.153 e. The van der Waals surface area contributed by atoms with Crippen molar-refractivity contribution >= 4 is 11.5 Å². The van der Waals surface area contributed by atoms with E-state index in [1.165, 1.54) is 0 Å². The molecule has 0 aromatic carbocycles. The molecule has 90 valence electrons. The third-order valence-electron chi connectivity index (χ3n) is 2.38. The van der Waals surface area contributed by atoms with Gasteiger partial charge in [-0.1, -0.05) is 20.8 Å². The van der Waals surface area contributed by atoms with Crippen LogP contribution in [0.2, 0.25) is 0 Å². The monoisotopic (exact) mass is 222 g/mol. The van der Waals surface area contributed by atoms with E-state index < -0.39 is 0 Å². The summed E-state index contributed by atoms with van der Waals surface area (Å²) in [5.74, 6) is 1.81. The Morgan fingerprint density at radius 3 is 2.50 bits per heavy atom. The third kappa shape index (κ3) is 2.84. The van der Waals surface area contributed by atoms with Crippen LogP contribution in [-0.2, 0) is 6.42 Å².